The van der Waals surface area contributed by atoms with Gasteiger partial charge in [-0.15, -0.1) is 0 Å². The molecule has 1 aliphatic heterocycles. The fourth-order valence-electron chi connectivity index (χ4n) is 6.60. The van der Waals surface area contributed by atoms with E-state index >= 15 is 4.79 Å². The summed E-state index contributed by atoms with van der Waals surface area (Å²) in [4.78, 5) is 18.4. The van der Waals surface area contributed by atoms with Crippen LogP contribution in [-0.4, -0.2) is 70.3 Å². The van der Waals surface area contributed by atoms with Gasteiger partial charge in [0.1, 0.15) is 12.2 Å². The molecule has 3 heterocycles. The van der Waals surface area contributed by atoms with Crippen molar-refractivity contribution in [2.75, 3.05) is 5.73 Å². The first kappa shape index (κ1) is 30.2. The van der Waals surface area contributed by atoms with Gasteiger partial charge in [-0.1, -0.05) is 72.8 Å². The van der Waals surface area contributed by atoms with Crippen LogP contribution in [0.3, 0.4) is 0 Å². The third-order valence-electron chi connectivity index (χ3n) is 9.06. The number of aromatic amines is 1. The molecular formula is C37H37N7O3. The van der Waals surface area contributed by atoms with Crippen molar-refractivity contribution in [3.05, 3.63) is 144 Å². The number of nitrogen functional groups attached to an aromatic ring is 1. The van der Waals surface area contributed by atoms with Gasteiger partial charge in [0.2, 0.25) is 0 Å². The molecule has 238 valence electrons. The Morgan fingerprint density at radius 2 is 1.32 bits per heavy atom. The monoisotopic (exact) mass is 627 g/mol. The fourth-order valence-corrected chi connectivity index (χ4v) is 6.60. The first-order chi connectivity index (χ1) is 22.9. The number of hydrogen-bond donors (Lipinski definition) is 4. The normalized spacial score (nSPS) is 20.1. The number of H-pyrrole nitrogens is 1. The highest BCUT2D eigenvalue weighted by atomic mass is 16.3. The summed E-state index contributed by atoms with van der Waals surface area (Å²) in [5.74, 6) is 0. The number of benzene rings is 4. The Labute approximate surface area is 272 Å². The largest absolute Gasteiger partial charge is 0.397 e. The molecule has 2 amide bonds. The minimum Gasteiger partial charge on any atom is -0.397 e. The lowest BCUT2D eigenvalue weighted by atomic mass is 9.91. The molecule has 2 aromatic heterocycles. The summed E-state index contributed by atoms with van der Waals surface area (Å²) in [6, 6.07) is 31.2. The molecule has 7 rings (SSSR count). The number of anilines is 1. The first-order valence-electron chi connectivity index (χ1n) is 15.8. The van der Waals surface area contributed by atoms with E-state index in [1.54, 1.807) is 26.9 Å². The predicted molar refractivity (Wildman–Crippen MR) is 180 cm³/mol. The van der Waals surface area contributed by atoms with Crippen LogP contribution >= 0.6 is 0 Å². The smallest absolute Gasteiger partial charge is 0.321 e. The van der Waals surface area contributed by atoms with Crippen molar-refractivity contribution in [1.29, 1.82) is 0 Å². The summed E-state index contributed by atoms with van der Waals surface area (Å²) < 4.78 is 1.69. The zero-order valence-corrected chi connectivity index (χ0v) is 25.8. The number of carbonyl (C=O) groups is 1. The van der Waals surface area contributed by atoms with Crippen molar-refractivity contribution in [3.8, 4) is 5.69 Å². The van der Waals surface area contributed by atoms with E-state index in [0.717, 1.165) is 33.2 Å². The third-order valence-corrected chi connectivity index (χ3v) is 9.06. The molecule has 10 nitrogen and oxygen atoms in total. The van der Waals surface area contributed by atoms with E-state index in [1.165, 1.54) is 0 Å². The van der Waals surface area contributed by atoms with Gasteiger partial charge in [0.05, 0.1) is 35.2 Å². The fraction of sp³-hybridized carbons (Fsp3) is 0.216. The van der Waals surface area contributed by atoms with E-state index in [4.69, 9.17) is 5.73 Å². The summed E-state index contributed by atoms with van der Waals surface area (Å²) in [6.07, 6.45) is 3.54. The Morgan fingerprint density at radius 1 is 0.723 bits per heavy atom. The van der Waals surface area contributed by atoms with Gasteiger partial charge >= 0.3 is 6.03 Å². The summed E-state index contributed by atoms with van der Waals surface area (Å²) in [5, 5.41) is 36.4. The van der Waals surface area contributed by atoms with Crippen LogP contribution in [0.25, 0.3) is 16.6 Å². The van der Waals surface area contributed by atoms with Crippen LogP contribution in [0, 0.1) is 0 Å². The van der Waals surface area contributed by atoms with E-state index in [-0.39, 0.29) is 19.1 Å². The lowest BCUT2D eigenvalue weighted by molar-refractivity contribution is -0.0408. The van der Waals surface area contributed by atoms with Gasteiger partial charge in [0, 0.05) is 30.9 Å². The van der Waals surface area contributed by atoms with Crippen LogP contribution in [0.5, 0.6) is 0 Å². The molecule has 4 aromatic carbocycles. The van der Waals surface area contributed by atoms with E-state index in [2.05, 4.69) is 15.3 Å². The van der Waals surface area contributed by atoms with Crippen LogP contribution in [0.15, 0.2) is 122 Å². The summed E-state index contributed by atoms with van der Waals surface area (Å²) in [5.41, 5.74) is 12.1. The maximum atomic E-state index is 15.0. The molecule has 4 atom stereocenters. The minimum absolute atomic E-state index is 0.185. The lowest BCUT2D eigenvalue weighted by Crippen LogP contribution is -2.50. The molecule has 0 aliphatic carbocycles. The molecule has 5 N–H and O–H groups in total. The van der Waals surface area contributed by atoms with Crippen LogP contribution < -0.4 is 5.73 Å². The number of nitrogens with one attached hydrogen (secondary N) is 1. The van der Waals surface area contributed by atoms with E-state index in [0.29, 0.717) is 24.2 Å². The summed E-state index contributed by atoms with van der Waals surface area (Å²) >= 11 is 0. The van der Waals surface area contributed by atoms with Crippen LogP contribution in [0.2, 0.25) is 0 Å². The van der Waals surface area contributed by atoms with Gasteiger partial charge in [-0.3, -0.25) is 5.10 Å². The average molecular weight is 628 g/mol. The Hall–Kier alpha value is -5.45. The molecule has 1 saturated heterocycles. The van der Waals surface area contributed by atoms with Crippen molar-refractivity contribution < 1.29 is 15.0 Å². The van der Waals surface area contributed by atoms with E-state index < -0.39 is 24.3 Å². The van der Waals surface area contributed by atoms with Gasteiger partial charge in [0.15, 0.2) is 0 Å². The second-order valence-corrected chi connectivity index (χ2v) is 12.2. The molecule has 47 heavy (non-hydrogen) atoms. The molecular weight excluding hydrogens is 590 g/mol. The number of carbonyl (C=O) groups excluding carboxylic acids is 1. The highest BCUT2D eigenvalue weighted by molar-refractivity contribution is 5.79. The standard InChI is InChI=1S/C37H37N7O3/c38-30-14-12-28(21-32(30)44-17-7-16-40-44)24-43-34(20-26-10-5-2-6-11-26)36(46)35(45)33(19-25-8-3-1-4-9-25)42(37(43)47)23-27-13-15-31-29(18-27)22-39-41-31/h1-18,21-22,33-36,45-46H,19-20,23-24,38H2,(H,39,41)/t33-,34-,35+,36+/m1/s1. The van der Waals surface area contributed by atoms with Gasteiger partial charge in [0.25, 0.3) is 0 Å². The molecule has 0 unspecified atom stereocenters. The van der Waals surface area contributed by atoms with Crippen LogP contribution in [0.4, 0.5) is 10.5 Å². The van der Waals surface area contributed by atoms with Crippen molar-refractivity contribution >= 4 is 22.6 Å². The second kappa shape index (κ2) is 13.1. The number of amides is 2. The topological polar surface area (TPSA) is 137 Å². The molecule has 1 fully saturated rings. The average Bonchev–Trinajstić information content (AvgIpc) is 3.80. The Bertz CT molecular complexity index is 1950. The van der Waals surface area contributed by atoms with Crippen molar-refractivity contribution in [2.45, 2.75) is 50.2 Å². The zero-order chi connectivity index (χ0) is 32.3. The number of nitrogens with zero attached hydrogens (tertiary/aromatic N) is 5. The molecule has 1 aliphatic rings. The Kier molecular flexibility index (Phi) is 8.43. The molecule has 6 aromatic rings. The number of hydrogen-bond acceptors (Lipinski definition) is 6. The summed E-state index contributed by atoms with van der Waals surface area (Å²) in [6.45, 7) is 0.417. The lowest BCUT2D eigenvalue weighted by Gasteiger charge is -2.36. The quantitative estimate of drug-likeness (QED) is 0.172. The maximum absolute atomic E-state index is 15.0. The number of aliphatic hydroxyl groups is 2. The van der Waals surface area contributed by atoms with Crippen LogP contribution in [-0.2, 0) is 25.9 Å². The third kappa shape index (κ3) is 6.33. The maximum Gasteiger partial charge on any atom is 0.321 e. The number of rotatable bonds is 9. The number of urea groups is 1. The number of nitrogens with two attached hydrogens (primary N) is 1. The van der Waals surface area contributed by atoms with Gasteiger partial charge in [-0.25, -0.2) is 9.48 Å². The number of aliphatic hydroxyl groups excluding tert-OH is 2. The number of aromatic nitrogens is 4. The van der Waals surface area contributed by atoms with E-state index in [1.807, 2.05) is 109 Å². The number of fused-ring (bicyclic) bond motifs is 1. The van der Waals surface area contributed by atoms with Gasteiger partial charge in [-0.05, 0) is 65.4 Å². The van der Waals surface area contributed by atoms with Gasteiger partial charge < -0.3 is 25.7 Å². The highest BCUT2D eigenvalue weighted by Gasteiger charge is 2.46. The molecule has 0 bridgehead atoms. The molecule has 10 heteroatoms. The van der Waals surface area contributed by atoms with Crippen molar-refractivity contribution in [1.82, 2.24) is 29.8 Å². The first-order valence-corrected chi connectivity index (χ1v) is 15.8. The van der Waals surface area contributed by atoms with Crippen LogP contribution in [0.1, 0.15) is 22.3 Å². The van der Waals surface area contributed by atoms with Gasteiger partial charge in [-0.2, -0.15) is 10.2 Å². The summed E-state index contributed by atoms with van der Waals surface area (Å²) in [7, 11) is 0. The van der Waals surface area contributed by atoms with Crippen molar-refractivity contribution in [2.24, 2.45) is 0 Å². The zero-order valence-electron chi connectivity index (χ0n) is 25.8. The predicted octanol–water partition coefficient (Wildman–Crippen LogP) is 4.71. The highest BCUT2D eigenvalue weighted by Crippen LogP contribution is 2.31. The van der Waals surface area contributed by atoms with E-state index in [9.17, 15) is 10.2 Å². The van der Waals surface area contributed by atoms with Crippen molar-refractivity contribution in [3.63, 3.8) is 0 Å². The Morgan fingerprint density at radius 3 is 1.91 bits per heavy atom. The minimum atomic E-state index is -1.23. The Balaban J connectivity index is 1.32. The second-order valence-electron chi connectivity index (χ2n) is 12.2. The molecule has 0 saturated carbocycles. The molecule has 0 radical (unpaired) electrons. The molecule has 0 spiro atoms. The SMILES string of the molecule is Nc1ccc(CN2C(=O)N(Cc3ccc4[nH]ncc4c3)[C@H](Cc3ccccc3)[C@H](O)[C@@H](O)[C@H]2Cc2ccccc2)cc1-n1cccn1.